The van der Waals surface area contributed by atoms with Crippen LogP contribution >= 0.6 is 0 Å². The average Bonchev–Trinajstić information content (AvgIpc) is 2.26. The number of nitrogens with one attached hydrogen (secondary N) is 1. The summed E-state index contributed by atoms with van der Waals surface area (Å²) in [6.45, 7) is 0. The Labute approximate surface area is 104 Å². The maximum absolute atomic E-state index is 11.5. The lowest BCUT2D eigenvalue weighted by molar-refractivity contribution is -0.384. The van der Waals surface area contributed by atoms with Gasteiger partial charge >= 0.3 is 7.12 Å². The number of sulfonamides is 1. The van der Waals surface area contributed by atoms with Crippen LogP contribution in [0.2, 0.25) is 0 Å². The monoisotopic (exact) mass is 274 g/mol. The highest BCUT2D eigenvalue weighted by Crippen LogP contribution is 2.14. The molecule has 3 N–H and O–H groups in total. The Hall–Kier alpha value is -1.49. The normalized spacial score (nSPS) is 11.2. The highest BCUT2D eigenvalue weighted by Gasteiger charge is 2.16. The number of hydrogen-bond donors (Lipinski definition) is 3. The molecule has 0 saturated carbocycles. The van der Waals surface area contributed by atoms with Crippen LogP contribution in [0.1, 0.15) is 5.56 Å². The fourth-order valence-corrected chi connectivity index (χ4v) is 2.36. The van der Waals surface area contributed by atoms with Crippen molar-refractivity contribution in [1.29, 1.82) is 0 Å². The summed E-state index contributed by atoms with van der Waals surface area (Å²) in [5.74, 6) is -0.471. The Balaban J connectivity index is 2.78. The van der Waals surface area contributed by atoms with Crippen LogP contribution in [0.25, 0.3) is 0 Å². The molecule has 98 valence electrons. The van der Waals surface area contributed by atoms with E-state index >= 15 is 0 Å². The number of nitrogens with zero attached hydrogens (tertiary/aromatic N) is 1. The molecule has 0 bridgehead atoms. The SMILES string of the molecule is O=[N+]([O-])c1cccc(CS(=O)(=O)NCB(O)O)c1. The van der Waals surface area contributed by atoms with Crippen LogP contribution in [0.4, 0.5) is 5.69 Å². The van der Waals surface area contributed by atoms with E-state index in [1.807, 2.05) is 4.72 Å². The summed E-state index contributed by atoms with van der Waals surface area (Å²) in [5, 5.41) is 27.6. The van der Waals surface area contributed by atoms with Crippen LogP contribution in [0.5, 0.6) is 0 Å². The van der Waals surface area contributed by atoms with Crippen LogP contribution in [-0.4, -0.2) is 37.0 Å². The standard InChI is InChI=1S/C8H11BN2O6S/c12-9(13)6-10-18(16,17)5-7-2-1-3-8(4-7)11(14)15/h1-4,10,12-13H,5-6H2. The molecule has 0 atom stereocenters. The third kappa shape index (κ3) is 4.79. The number of hydrogen-bond acceptors (Lipinski definition) is 6. The fourth-order valence-electron chi connectivity index (χ4n) is 1.23. The second kappa shape index (κ2) is 5.91. The summed E-state index contributed by atoms with van der Waals surface area (Å²) in [6, 6.07) is 5.21. The first-order chi connectivity index (χ1) is 8.30. The molecule has 0 aliphatic carbocycles. The summed E-state index contributed by atoms with van der Waals surface area (Å²) < 4.78 is 24.9. The highest BCUT2D eigenvalue weighted by atomic mass is 32.2. The van der Waals surface area contributed by atoms with Gasteiger partial charge < -0.3 is 10.0 Å². The third-order valence-corrected chi connectivity index (χ3v) is 3.28. The Bertz CT molecular complexity index is 532. The van der Waals surface area contributed by atoms with Crippen molar-refractivity contribution in [2.24, 2.45) is 0 Å². The maximum atomic E-state index is 11.5. The van der Waals surface area contributed by atoms with E-state index in [4.69, 9.17) is 10.0 Å². The van der Waals surface area contributed by atoms with E-state index < -0.39 is 34.3 Å². The predicted molar refractivity (Wildman–Crippen MR) is 63.9 cm³/mol. The van der Waals surface area contributed by atoms with Gasteiger partial charge in [0, 0.05) is 18.6 Å². The second-order valence-electron chi connectivity index (χ2n) is 3.52. The van der Waals surface area contributed by atoms with Gasteiger partial charge in [-0.25, -0.2) is 13.1 Å². The van der Waals surface area contributed by atoms with Crippen molar-refractivity contribution < 1.29 is 23.4 Å². The van der Waals surface area contributed by atoms with Gasteiger partial charge in [-0.2, -0.15) is 0 Å². The van der Waals surface area contributed by atoms with Gasteiger partial charge in [0.1, 0.15) is 0 Å². The number of nitro groups is 1. The van der Waals surface area contributed by atoms with Crippen molar-refractivity contribution in [2.75, 3.05) is 6.44 Å². The first-order valence-corrected chi connectivity index (χ1v) is 6.52. The van der Waals surface area contributed by atoms with Crippen LogP contribution in [-0.2, 0) is 15.8 Å². The molecule has 0 spiro atoms. The molecule has 0 amide bonds. The molecule has 1 aromatic carbocycles. The molecule has 18 heavy (non-hydrogen) atoms. The first-order valence-electron chi connectivity index (χ1n) is 4.87. The molecular weight excluding hydrogens is 263 g/mol. The van der Waals surface area contributed by atoms with Crippen molar-refractivity contribution >= 4 is 22.8 Å². The zero-order chi connectivity index (χ0) is 13.8. The minimum atomic E-state index is -3.76. The van der Waals surface area contributed by atoms with E-state index in [1.165, 1.54) is 18.2 Å². The average molecular weight is 274 g/mol. The zero-order valence-electron chi connectivity index (χ0n) is 9.18. The minimum Gasteiger partial charge on any atom is -0.426 e. The number of benzene rings is 1. The van der Waals surface area contributed by atoms with Gasteiger partial charge in [0.25, 0.3) is 5.69 Å². The van der Waals surface area contributed by atoms with Gasteiger partial charge in [0.2, 0.25) is 10.0 Å². The maximum Gasteiger partial charge on any atom is 0.467 e. The van der Waals surface area contributed by atoms with Gasteiger partial charge in [-0.05, 0) is 5.56 Å². The summed E-state index contributed by atoms with van der Waals surface area (Å²) in [5.41, 5.74) is 0.0361. The van der Waals surface area contributed by atoms with Crippen LogP contribution in [0.3, 0.4) is 0 Å². The van der Waals surface area contributed by atoms with Crippen LogP contribution in [0, 0.1) is 10.1 Å². The predicted octanol–water partition coefficient (Wildman–Crippen LogP) is -0.974. The Morgan fingerprint density at radius 3 is 2.61 bits per heavy atom. The molecule has 0 unspecified atom stereocenters. The lowest BCUT2D eigenvalue weighted by atomic mass is 9.94. The Morgan fingerprint density at radius 1 is 1.39 bits per heavy atom. The second-order valence-corrected chi connectivity index (χ2v) is 5.32. The topological polar surface area (TPSA) is 130 Å². The zero-order valence-corrected chi connectivity index (χ0v) is 10.0. The van der Waals surface area contributed by atoms with Gasteiger partial charge in [-0.3, -0.25) is 10.1 Å². The van der Waals surface area contributed by atoms with Gasteiger partial charge in [-0.1, -0.05) is 12.1 Å². The molecule has 0 aromatic heterocycles. The summed E-state index contributed by atoms with van der Waals surface area (Å²) in [4.78, 5) is 9.88. The minimum absolute atomic E-state index is 0.204. The molecule has 1 aromatic rings. The van der Waals surface area contributed by atoms with E-state index in [0.717, 1.165) is 6.07 Å². The molecule has 0 saturated heterocycles. The smallest absolute Gasteiger partial charge is 0.426 e. The number of rotatable bonds is 6. The molecule has 0 fully saturated rings. The summed E-state index contributed by atoms with van der Waals surface area (Å²) in [6.07, 6.45) is -0.530. The molecule has 8 nitrogen and oxygen atoms in total. The van der Waals surface area contributed by atoms with Gasteiger partial charge in [0.05, 0.1) is 10.7 Å². The molecule has 0 radical (unpaired) electrons. The van der Waals surface area contributed by atoms with Crippen molar-refractivity contribution in [3.05, 3.63) is 39.9 Å². The molecule has 1 rings (SSSR count). The first kappa shape index (κ1) is 14.6. The van der Waals surface area contributed by atoms with Crippen LogP contribution < -0.4 is 4.72 Å². The Morgan fingerprint density at radius 2 is 2.06 bits per heavy atom. The summed E-state index contributed by atoms with van der Waals surface area (Å²) in [7, 11) is -5.55. The lowest BCUT2D eigenvalue weighted by Crippen LogP contribution is -2.35. The summed E-state index contributed by atoms with van der Waals surface area (Å²) >= 11 is 0. The number of non-ortho nitro benzene ring substituents is 1. The van der Waals surface area contributed by atoms with Crippen molar-refractivity contribution in [2.45, 2.75) is 5.75 Å². The molecule has 0 heterocycles. The van der Waals surface area contributed by atoms with Gasteiger partial charge in [0.15, 0.2) is 0 Å². The lowest BCUT2D eigenvalue weighted by Gasteiger charge is -2.05. The fraction of sp³-hybridized carbons (Fsp3) is 0.250. The Kier molecular flexibility index (Phi) is 4.79. The molecular formula is C8H11BN2O6S. The molecule has 0 aliphatic rings. The van der Waals surface area contributed by atoms with Crippen molar-refractivity contribution in [1.82, 2.24) is 4.72 Å². The van der Waals surface area contributed by atoms with Crippen molar-refractivity contribution in [3.63, 3.8) is 0 Å². The van der Waals surface area contributed by atoms with Crippen LogP contribution in [0.15, 0.2) is 24.3 Å². The highest BCUT2D eigenvalue weighted by molar-refractivity contribution is 7.88. The van der Waals surface area contributed by atoms with E-state index in [9.17, 15) is 18.5 Å². The molecule has 0 aliphatic heterocycles. The number of nitro benzene ring substituents is 1. The quantitative estimate of drug-likeness (QED) is 0.347. The largest absolute Gasteiger partial charge is 0.467 e. The van der Waals surface area contributed by atoms with E-state index in [1.54, 1.807) is 0 Å². The van der Waals surface area contributed by atoms with Crippen molar-refractivity contribution in [3.8, 4) is 0 Å². The van der Waals surface area contributed by atoms with Gasteiger partial charge in [-0.15, -0.1) is 0 Å². The third-order valence-electron chi connectivity index (χ3n) is 1.96. The van der Waals surface area contributed by atoms with E-state index in [2.05, 4.69) is 0 Å². The van der Waals surface area contributed by atoms with E-state index in [0.29, 0.717) is 0 Å². The van der Waals surface area contributed by atoms with E-state index in [-0.39, 0.29) is 11.3 Å². The molecule has 10 heteroatoms.